The number of nitro groups is 1. The van der Waals surface area contributed by atoms with Crippen LogP contribution in [-0.4, -0.2) is 20.6 Å². The topological polar surface area (TPSA) is 103 Å². The molecule has 37 heavy (non-hydrogen) atoms. The van der Waals surface area contributed by atoms with Gasteiger partial charge in [-0.25, -0.2) is 17.6 Å². The van der Waals surface area contributed by atoms with E-state index in [0.29, 0.717) is 15.6 Å². The Bertz CT molecular complexity index is 1440. The first-order valence-electron chi connectivity index (χ1n) is 10.7. The maximum Gasteiger partial charge on any atom is 0.291 e. The van der Waals surface area contributed by atoms with Crippen molar-refractivity contribution in [3.8, 4) is 0 Å². The predicted molar refractivity (Wildman–Crippen MR) is 126 cm³/mol. The molecule has 2 heterocycles. The van der Waals surface area contributed by atoms with Crippen molar-refractivity contribution in [3.05, 3.63) is 99.2 Å². The molecule has 0 saturated carbocycles. The molecule has 0 spiro atoms. The molecule has 192 valence electrons. The van der Waals surface area contributed by atoms with E-state index in [1.807, 2.05) is 31.2 Å². The third kappa shape index (κ3) is 6.36. The van der Waals surface area contributed by atoms with Crippen LogP contribution in [0.15, 0.2) is 74.9 Å². The Balaban J connectivity index is 1.52. The van der Waals surface area contributed by atoms with Crippen molar-refractivity contribution in [3.63, 3.8) is 0 Å². The highest BCUT2D eigenvalue weighted by atomic mass is 32.2. The van der Waals surface area contributed by atoms with Crippen LogP contribution in [0.1, 0.15) is 46.1 Å². The van der Waals surface area contributed by atoms with Gasteiger partial charge in [0, 0.05) is 27.6 Å². The summed E-state index contributed by atoms with van der Waals surface area (Å²) in [5, 5.41) is 17.4. The van der Waals surface area contributed by atoms with E-state index in [0.717, 1.165) is 10.5 Å². The summed E-state index contributed by atoms with van der Waals surface area (Å²) in [7, 11) is 0. The number of non-ortho nitro benzene ring substituents is 1. The summed E-state index contributed by atoms with van der Waals surface area (Å²) in [6, 6.07) is 14.9. The maximum atomic E-state index is 13.2. The molecule has 0 fully saturated rings. The molecule has 2 aromatic carbocycles. The van der Waals surface area contributed by atoms with Gasteiger partial charge in [0.2, 0.25) is 0 Å². The Morgan fingerprint density at radius 3 is 2.43 bits per heavy atom. The first-order valence-corrected chi connectivity index (χ1v) is 11.5. The zero-order valence-corrected chi connectivity index (χ0v) is 19.8. The van der Waals surface area contributed by atoms with Crippen molar-refractivity contribution in [2.24, 2.45) is 0 Å². The lowest BCUT2D eigenvalue weighted by molar-refractivity contribution is -0.385. The Morgan fingerprint density at radius 2 is 1.78 bits per heavy atom. The minimum Gasteiger partial charge on any atom is -0.454 e. The maximum absolute atomic E-state index is 13.2. The molecule has 0 unspecified atom stereocenters. The zero-order valence-electron chi connectivity index (χ0n) is 19.0. The molecular weight excluding hydrogens is 516 g/mol. The van der Waals surface area contributed by atoms with Crippen molar-refractivity contribution in [2.45, 2.75) is 36.1 Å². The van der Waals surface area contributed by atoms with E-state index in [9.17, 15) is 32.5 Å². The van der Waals surface area contributed by atoms with Crippen LogP contribution in [0.3, 0.4) is 0 Å². The van der Waals surface area contributed by atoms with Crippen molar-refractivity contribution in [1.29, 1.82) is 0 Å². The van der Waals surface area contributed by atoms with Crippen LogP contribution in [0.2, 0.25) is 0 Å². The van der Waals surface area contributed by atoms with E-state index in [4.69, 9.17) is 4.42 Å². The average molecular weight is 534 g/mol. The predicted octanol–water partition coefficient (Wildman–Crippen LogP) is 7.02. The van der Waals surface area contributed by atoms with Crippen LogP contribution in [0.4, 0.5) is 28.9 Å². The number of aryl methyl sites for hydroxylation is 1. The van der Waals surface area contributed by atoms with Gasteiger partial charge < -0.3 is 9.73 Å². The van der Waals surface area contributed by atoms with E-state index in [1.54, 1.807) is 6.07 Å². The molecule has 0 aliphatic carbocycles. The number of hydrogen-bond acceptors (Lipinski definition) is 6. The molecule has 1 N–H and O–H groups in total. The first-order chi connectivity index (χ1) is 17.6. The normalized spacial score (nSPS) is 11.3. The molecule has 0 saturated heterocycles. The number of rotatable bonds is 9. The van der Waals surface area contributed by atoms with Gasteiger partial charge in [-0.15, -0.1) is 0 Å². The Kier molecular flexibility index (Phi) is 7.62. The monoisotopic (exact) mass is 534 g/mol. The van der Waals surface area contributed by atoms with Crippen molar-refractivity contribution >= 4 is 29.0 Å². The number of nitro benzene ring substituents is 1. The zero-order chi connectivity index (χ0) is 26.7. The van der Waals surface area contributed by atoms with Crippen LogP contribution in [0.25, 0.3) is 0 Å². The Hall–Kier alpha value is -4.13. The van der Waals surface area contributed by atoms with E-state index in [-0.39, 0.29) is 22.9 Å². The number of aromatic nitrogens is 2. The van der Waals surface area contributed by atoms with Gasteiger partial charge in [-0.3, -0.25) is 19.6 Å². The van der Waals surface area contributed by atoms with Gasteiger partial charge in [-0.05, 0) is 43.3 Å². The molecule has 0 bridgehead atoms. The number of alkyl halides is 4. The van der Waals surface area contributed by atoms with Gasteiger partial charge in [0.15, 0.2) is 5.76 Å². The molecule has 13 heteroatoms. The van der Waals surface area contributed by atoms with Gasteiger partial charge in [0.25, 0.3) is 24.4 Å². The number of carbonyl (C=O) groups excluding carboxylic acids is 1. The van der Waals surface area contributed by atoms with Crippen molar-refractivity contribution in [2.75, 3.05) is 5.32 Å². The molecule has 2 aromatic heterocycles. The summed E-state index contributed by atoms with van der Waals surface area (Å²) in [4.78, 5) is 24.9. The summed E-state index contributed by atoms with van der Waals surface area (Å²) in [6.07, 6.45) is -6.07. The average Bonchev–Trinajstić information content (AvgIpc) is 3.48. The van der Waals surface area contributed by atoms with E-state index < -0.39 is 41.6 Å². The second kappa shape index (κ2) is 10.9. The molecule has 1 amide bonds. The minimum atomic E-state index is -3.04. The summed E-state index contributed by atoms with van der Waals surface area (Å²) in [6.45, 7) is 1.52. The number of amides is 1. The summed E-state index contributed by atoms with van der Waals surface area (Å²) >= 11 is 1.27. The van der Waals surface area contributed by atoms with Gasteiger partial charge >= 0.3 is 0 Å². The number of nitrogens with zero attached hydrogens (tertiary/aromatic N) is 3. The Labute approximate surface area is 211 Å². The number of hydrogen-bond donors (Lipinski definition) is 1. The fourth-order valence-electron chi connectivity index (χ4n) is 3.35. The molecule has 4 rings (SSSR count). The van der Waals surface area contributed by atoms with Crippen LogP contribution >= 0.6 is 11.8 Å². The fraction of sp³-hybridized carbons (Fsp3) is 0.167. The van der Waals surface area contributed by atoms with Crippen molar-refractivity contribution < 1.29 is 31.7 Å². The van der Waals surface area contributed by atoms with Crippen LogP contribution in [-0.2, 0) is 6.54 Å². The first kappa shape index (κ1) is 25.9. The molecule has 8 nitrogen and oxygen atoms in total. The van der Waals surface area contributed by atoms with Crippen LogP contribution in [0.5, 0.6) is 0 Å². The largest absolute Gasteiger partial charge is 0.454 e. The van der Waals surface area contributed by atoms with Crippen LogP contribution < -0.4 is 5.32 Å². The molecular formula is C24H18F4N4O4S. The van der Waals surface area contributed by atoms with Crippen LogP contribution in [0, 0.1) is 17.0 Å². The minimum absolute atomic E-state index is 0.0191. The lowest BCUT2D eigenvalue weighted by atomic mass is 10.2. The van der Waals surface area contributed by atoms with Gasteiger partial charge in [-0.1, -0.05) is 29.5 Å². The van der Waals surface area contributed by atoms with E-state index >= 15 is 0 Å². The summed E-state index contributed by atoms with van der Waals surface area (Å²) in [5.74, 6) is -0.944. The summed E-state index contributed by atoms with van der Waals surface area (Å²) < 4.78 is 58.3. The molecule has 0 atom stereocenters. The van der Waals surface area contributed by atoms with Gasteiger partial charge in [0.1, 0.15) is 17.1 Å². The smallest absolute Gasteiger partial charge is 0.291 e. The number of benzene rings is 2. The fourth-order valence-corrected chi connectivity index (χ4v) is 4.26. The van der Waals surface area contributed by atoms with Gasteiger partial charge in [-0.2, -0.15) is 5.10 Å². The third-order valence-corrected chi connectivity index (χ3v) is 6.06. The second-order valence-electron chi connectivity index (χ2n) is 7.86. The lowest BCUT2D eigenvalue weighted by Gasteiger charge is -2.08. The number of halogens is 4. The molecule has 4 aromatic rings. The standard InChI is InChI=1S/C24H18F4N4O4S/c1-13-2-5-17(6-3-13)37-18-9-14(8-15(10-18)32(34)35)29-24(33)21-7-4-16(36-21)12-31-20(23(27)28)11-19(30-31)22(25)26/h2-11,22-23H,12H2,1H3,(H,29,33). The quantitative estimate of drug-likeness (QED) is 0.141. The number of furan rings is 1. The second-order valence-corrected chi connectivity index (χ2v) is 9.01. The Morgan fingerprint density at radius 1 is 1.05 bits per heavy atom. The van der Waals surface area contributed by atoms with Crippen molar-refractivity contribution in [1.82, 2.24) is 9.78 Å². The number of anilines is 1. The molecule has 0 radical (unpaired) electrons. The van der Waals surface area contributed by atoms with Gasteiger partial charge in [0.05, 0.1) is 11.5 Å². The summed E-state index contributed by atoms with van der Waals surface area (Å²) in [5.41, 5.74) is -0.555. The highest BCUT2D eigenvalue weighted by Crippen LogP contribution is 2.33. The highest BCUT2D eigenvalue weighted by Gasteiger charge is 2.22. The molecule has 0 aliphatic heterocycles. The highest BCUT2D eigenvalue weighted by molar-refractivity contribution is 7.99. The molecule has 0 aliphatic rings. The van der Waals surface area contributed by atoms with E-state index in [2.05, 4.69) is 10.4 Å². The lowest BCUT2D eigenvalue weighted by Crippen LogP contribution is -2.11. The number of carbonyl (C=O) groups is 1. The third-order valence-electron chi connectivity index (χ3n) is 5.08. The van der Waals surface area contributed by atoms with E-state index in [1.165, 1.54) is 36.0 Å². The number of nitrogens with one attached hydrogen (secondary N) is 1. The SMILES string of the molecule is Cc1ccc(Sc2cc(NC(=O)c3ccc(Cn4nc(C(F)F)cc4C(F)F)o3)cc([N+](=O)[O-])c2)cc1.